The number of carbonyl (C=O) groups excluding carboxylic acids is 1. The number of hydrogen-bond donors (Lipinski definition) is 1. The minimum absolute atomic E-state index is 0.353. The van der Waals surface area contributed by atoms with Crippen molar-refractivity contribution in [2.45, 2.75) is 13.0 Å². The number of rotatable bonds is 3. The molecule has 2 aromatic carbocycles. The van der Waals surface area contributed by atoms with Gasteiger partial charge in [-0.15, -0.1) is 0 Å². The van der Waals surface area contributed by atoms with Gasteiger partial charge in [-0.1, -0.05) is 29.8 Å². The van der Waals surface area contributed by atoms with Crippen molar-refractivity contribution in [3.63, 3.8) is 0 Å². The van der Waals surface area contributed by atoms with Gasteiger partial charge in [0.2, 0.25) is 0 Å². The van der Waals surface area contributed by atoms with Gasteiger partial charge < -0.3 is 10.1 Å². The van der Waals surface area contributed by atoms with Crippen LogP contribution in [0.2, 0.25) is 5.02 Å². The zero-order chi connectivity index (χ0) is 18.8. The molecule has 2 aromatic rings. The Bertz CT molecular complexity index is 899. The average Bonchev–Trinajstić information content (AvgIpc) is 2.62. The van der Waals surface area contributed by atoms with Crippen molar-refractivity contribution in [1.29, 1.82) is 0 Å². The van der Waals surface area contributed by atoms with Crippen LogP contribution in [0.1, 0.15) is 18.5 Å². The summed E-state index contributed by atoms with van der Waals surface area (Å²) in [5, 5.41) is 4.05. The molecule has 0 aliphatic carbocycles. The minimum Gasteiger partial charge on any atom is -0.466 e. The number of ether oxygens (including phenoxy) is 1. The van der Waals surface area contributed by atoms with E-state index in [0.717, 1.165) is 5.56 Å². The van der Waals surface area contributed by atoms with Gasteiger partial charge >= 0.3 is 5.97 Å². The number of nitrogens with zero attached hydrogens (tertiary/aromatic N) is 1. The molecule has 1 heterocycles. The maximum Gasteiger partial charge on any atom is 0.337 e. The van der Waals surface area contributed by atoms with Gasteiger partial charge in [0.25, 0.3) is 0 Å². The maximum atomic E-state index is 13.3. The molecule has 1 atom stereocenters. The second-order valence-corrected chi connectivity index (χ2v) is 6.50. The molecular formula is C19H16ClFN2O2S. The van der Waals surface area contributed by atoms with Gasteiger partial charge in [0, 0.05) is 16.4 Å². The highest BCUT2D eigenvalue weighted by Crippen LogP contribution is 2.36. The normalized spacial score (nSPS) is 17.2. The topological polar surface area (TPSA) is 41.6 Å². The molecular weight excluding hydrogens is 375 g/mol. The molecule has 0 aromatic heterocycles. The van der Waals surface area contributed by atoms with Gasteiger partial charge in [0.15, 0.2) is 5.11 Å². The van der Waals surface area contributed by atoms with Crippen LogP contribution in [0.3, 0.4) is 0 Å². The molecule has 0 amide bonds. The predicted octanol–water partition coefficient (Wildman–Crippen LogP) is 4.36. The number of anilines is 1. The molecule has 0 unspecified atom stereocenters. The fourth-order valence-corrected chi connectivity index (χ4v) is 3.57. The first kappa shape index (κ1) is 18.4. The molecule has 134 valence electrons. The van der Waals surface area contributed by atoms with E-state index in [4.69, 9.17) is 28.6 Å². The van der Waals surface area contributed by atoms with Gasteiger partial charge in [-0.3, -0.25) is 4.90 Å². The summed E-state index contributed by atoms with van der Waals surface area (Å²) in [6.45, 7) is 1.77. The summed E-state index contributed by atoms with van der Waals surface area (Å²) in [6, 6.07) is 12.5. The summed E-state index contributed by atoms with van der Waals surface area (Å²) in [7, 11) is 1.32. The van der Waals surface area contributed by atoms with E-state index in [1.807, 2.05) is 18.2 Å². The molecule has 0 fully saturated rings. The number of methoxy groups -OCH3 is 1. The van der Waals surface area contributed by atoms with Crippen LogP contribution < -0.4 is 10.2 Å². The van der Waals surface area contributed by atoms with Gasteiger partial charge in [0.1, 0.15) is 5.82 Å². The number of carbonyl (C=O) groups is 1. The van der Waals surface area contributed by atoms with Crippen LogP contribution in [0, 0.1) is 5.82 Å². The molecule has 3 rings (SSSR count). The molecule has 0 bridgehead atoms. The zero-order valence-electron chi connectivity index (χ0n) is 14.1. The fraction of sp³-hybridized carbons (Fsp3) is 0.158. The largest absolute Gasteiger partial charge is 0.466 e. The minimum atomic E-state index is -0.541. The number of esters is 1. The van der Waals surface area contributed by atoms with E-state index in [2.05, 4.69) is 5.32 Å². The van der Waals surface area contributed by atoms with Gasteiger partial charge in [0.05, 0.1) is 18.7 Å². The van der Waals surface area contributed by atoms with Crippen molar-refractivity contribution < 1.29 is 13.9 Å². The van der Waals surface area contributed by atoms with Crippen LogP contribution in [-0.2, 0) is 9.53 Å². The first-order valence-corrected chi connectivity index (χ1v) is 8.62. The average molecular weight is 391 g/mol. The van der Waals surface area contributed by atoms with E-state index in [1.54, 1.807) is 30.0 Å². The molecule has 1 aliphatic rings. The van der Waals surface area contributed by atoms with E-state index < -0.39 is 12.0 Å². The van der Waals surface area contributed by atoms with Crippen molar-refractivity contribution in [2.75, 3.05) is 12.0 Å². The predicted molar refractivity (Wildman–Crippen MR) is 104 cm³/mol. The summed E-state index contributed by atoms with van der Waals surface area (Å²) in [4.78, 5) is 14.2. The van der Waals surface area contributed by atoms with Crippen LogP contribution in [0.4, 0.5) is 10.1 Å². The summed E-state index contributed by atoms with van der Waals surface area (Å²) in [6.07, 6.45) is 0. The van der Waals surface area contributed by atoms with Crippen LogP contribution in [0.5, 0.6) is 0 Å². The molecule has 0 saturated heterocycles. The van der Waals surface area contributed by atoms with Crippen molar-refractivity contribution in [3.05, 3.63) is 76.2 Å². The number of halogens is 2. The van der Waals surface area contributed by atoms with Gasteiger partial charge in [-0.05, 0) is 55.0 Å². The van der Waals surface area contributed by atoms with E-state index in [1.165, 1.54) is 19.2 Å². The highest BCUT2D eigenvalue weighted by atomic mass is 35.5. The van der Waals surface area contributed by atoms with Crippen molar-refractivity contribution in [2.24, 2.45) is 0 Å². The molecule has 0 saturated carbocycles. The monoisotopic (exact) mass is 390 g/mol. The Morgan fingerprint density at radius 3 is 2.50 bits per heavy atom. The van der Waals surface area contributed by atoms with Crippen molar-refractivity contribution in [3.8, 4) is 0 Å². The number of benzene rings is 2. The third-order valence-electron chi connectivity index (χ3n) is 4.19. The summed E-state index contributed by atoms with van der Waals surface area (Å²) >= 11 is 11.8. The lowest BCUT2D eigenvalue weighted by molar-refractivity contribution is -0.136. The van der Waals surface area contributed by atoms with E-state index >= 15 is 0 Å². The lowest BCUT2D eigenvalue weighted by Gasteiger charge is -2.37. The molecule has 1 aliphatic heterocycles. The summed E-state index contributed by atoms with van der Waals surface area (Å²) < 4.78 is 18.2. The molecule has 0 spiro atoms. The molecule has 7 heteroatoms. The smallest absolute Gasteiger partial charge is 0.337 e. The summed E-state index contributed by atoms with van der Waals surface area (Å²) in [5.74, 6) is -0.845. The number of nitrogens with one attached hydrogen (secondary N) is 1. The number of hydrogen-bond acceptors (Lipinski definition) is 3. The second-order valence-electron chi connectivity index (χ2n) is 5.71. The van der Waals surface area contributed by atoms with Crippen LogP contribution in [-0.4, -0.2) is 18.2 Å². The van der Waals surface area contributed by atoms with E-state index in [9.17, 15) is 9.18 Å². The highest BCUT2D eigenvalue weighted by molar-refractivity contribution is 7.80. The SMILES string of the molecule is COC(=O)C1=C(C)N(c2ccc(F)cc2)C(=S)N[C@@H]1c1ccccc1Cl. The summed E-state index contributed by atoms with van der Waals surface area (Å²) in [5.41, 5.74) is 2.34. The van der Waals surface area contributed by atoms with E-state index in [-0.39, 0.29) is 5.82 Å². The lowest BCUT2D eigenvalue weighted by atomic mass is 9.94. The molecule has 26 heavy (non-hydrogen) atoms. The van der Waals surface area contributed by atoms with Gasteiger partial charge in [-0.2, -0.15) is 0 Å². The van der Waals surface area contributed by atoms with Crippen molar-refractivity contribution >= 4 is 40.6 Å². The zero-order valence-corrected chi connectivity index (χ0v) is 15.7. The number of thiocarbonyl (C=S) groups is 1. The molecule has 0 radical (unpaired) electrons. The van der Waals surface area contributed by atoms with Crippen LogP contribution >= 0.6 is 23.8 Å². The maximum absolute atomic E-state index is 13.3. The first-order chi connectivity index (χ1) is 12.4. The Balaban J connectivity index is 2.15. The quantitative estimate of drug-likeness (QED) is 0.623. The highest BCUT2D eigenvalue weighted by Gasteiger charge is 2.36. The van der Waals surface area contributed by atoms with Crippen LogP contribution in [0.15, 0.2) is 59.8 Å². The van der Waals surface area contributed by atoms with Crippen LogP contribution in [0.25, 0.3) is 0 Å². The Hall–Kier alpha value is -2.44. The van der Waals surface area contributed by atoms with Gasteiger partial charge in [-0.25, -0.2) is 9.18 Å². The Kier molecular flexibility index (Phi) is 5.25. The van der Waals surface area contributed by atoms with Crippen molar-refractivity contribution in [1.82, 2.24) is 5.32 Å². The second kappa shape index (κ2) is 7.43. The van der Waals surface area contributed by atoms with E-state index in [0.29, 0.717) is 27.1 Å². The molecule has 4 nitrogen and oxygen atoms in total. The standard InChI is InChI=1S/C19H16ClFN2O2S/c1-11-16(18(24)25-2)17(14-5-3-4-6-15(14)20)22-19(26)23(11)13-9-7-12(21)8-10-13/h3-10,17H,1-2H3,(H,22,26)/t17-/m1/s1. The Morgan fingerprint density at radius 1 is 1.23 bits per heavy atom. The Morgan fingerprint density at radius 2 is 1.88 bits per heavy atom. The third-order valence-corrected chi connectivity index (χ3v) is 4.84. The third kappa shape index (κ3) is 3.30. The first-order valence-electron chi connectivity index (χ1n) is 7.83. The fourth-order valence-electron chi connectivity index (χ4n) is 2.96. The molecule has 1 N–H and O–H groups in total. The Labute approximate surface area is 161 Å². The number of allylic oxidation sites excluding steroid dienone is 1. The lowest BCUT2D eigenvalue weighted by Crippen LogP contribution is -2.48.